The molecule has 0 radical (unpaired) electrons. The molecule has 3 aromatic heterocycles. The summed E-state index contributed by atoms with van der Waals surface area (Å²) in [5.74, 6) is -0.0575. The van der Waals surface area contributed by atoms with E-state index in [1.54, 1.807) is 41.0 Å². The number of fused-ring (bicyclic) bond motifs is 1. The molecule has 0 bridgehead atoms. The van der Waals surface area contributed by atoms with Crippen LogP contribution in [0.4, 0.5) is 0 Å². The molecule has 0 atom stereocenters. The number of rotatable bonds is 3. The minimum absolute atomic E-state index is 0.0575. The lowest BCUT2D eigenvalue weighted by atomic mass is 10.1. The van der Waals surface area contributed by atoms with Crippen molar-refractivity contribution in [3.05, 3.63) is 46.8 Å². The third-order valence-electron chi connectivity index (χ3n) is 3.21. The SMILES string of the molecule is Cc1nn(C)c(CC(=O)c2cnn3ccncc23)c1Cl. The molecular formula is C13H12ClN5O. The minimum atomic E-state index is -0.0575. The molecule has 3 aromatic rings. The number of halogens is 1. The standard InChI is InChI=1S/C13H12ClN5O/c1-8-13(14)10(18(2)17-8)5-12(20)9-6-16-19-4-3-15-7-11(9)19/h3-4,6-7H,5H2,1-2H3. The number of nitrogens with zero attached hydrogens (tertiary/aromatic N) is 5. The van der Waals surface area contributed by atoms with Gasteiger partial charge in [0.05, 0.1) is 46.3 Å². The third-order valence-corrected chi connectivity index (χ3v) is 3.71. The molecule has 0 N–H and O–H groups in total. The summed E-state index contributed by atoms with van der Waals surface area (Å²) in [7, 11) is 1.78. The van der Waals surface area contributed by atoms with E-state index in [1.807, 2.05) is 6.92 Å². The molecule has 0 unspecified atom stereocenters. The predicted octanol–water partition coefficient (Wildman–Crippen LogP) is 1.85. The van der Waals surface area contributed by atoms with E-state index in [2.05, 4.69) is 15.2 Å². The number of ketones is 1. The molecule has 0 aliphatic carbocycles. The average molecular weight is 290 g/mol. The highest BCUT2D eigenvalue weighted by molar-refractivity contribution is 6.32. The summed E-state index contributed by atoms with van der Waals surface area (Å²) in [6.45, 7) is 1.82. The van der Waals surface area contributed by atoms with Gasteiger partial charge < -0.3 is 0 Å². The Bertz CT molecular complexity index is 804. The van der Waals surface area contributed by atoms with E-state index in [0.717, 1.165) is 5.69 Å². The first-order valence-electron chi connectivity index (χ1n) is 6.06. The van der Waals surface area contributed by atoms with Crippen LogP contribution >= 0.6 is 11.6 Å². The zero-order chi connectivity index (χ0) is 14.3. The first kappa shape index (κ1) is 12.8. The topological polar surface area (TPSA) is 65.1 Å². The molecule has 0 aliphatic heterocycles. The van der Waals surface area contributed by atoms with Crippen LogP contribution in [-0.4, -0.2) is 30.2 Å². The number of aryl methyl sites for hydroxylation is 2. The summed E-state index contributed by atoms with van der Waals surface area (Å²) < 4.78 is 3.26. The zero-order valence-electron chi connectivity index (χ0n) is 11.0. The minimum Gasteiger partial charge on any atom is -0.294 e. The van der Waals surface area contributed by atoms with Crippen molar-refractivity contribution in [2.45, 2.75) is 13.3 Å². The second kappa shape index (κ2) is 4.72. The lowest BCUT2D eigenvalue weighted by Crippen LogP contribution is -2.08. The number of hydrogen-bond acceptors (Lipinski definition) is 4. The quantitative estimate of drug-likeness (QED) is 0.690. The molecule has 3 rings (SSSR count). The molecular weight excluding hydrogens is 278 g/mol. The maximum atomic E-state index is 12.4. The van der Waals surface area contributed by atoms with Crippen molar-refractivity contribution in [3.63, 3.8) is 0 Å². The molecule has 0 saturated carbocycles. The van der Waals surface area contributed by atoms with Crippen molar-refractivity contribution in [2.24, 2.45) is 7.05 Å². The van der Waals surface area contributed by atoms with Gasteiger partial charge in [-0.1, -0.05) is 11.6 Å². The summed E-state index contributed by atoms with van der Waals surface area (Å²) in [5, 5.41) is 8.88. The number of carbonyl (C=O) groups excluding carboxylic acids is 1. The molecule has 3 heterocycles. The highest BCUT2D eigenvalue weighted by atomic mass is 35.5. The fraction of sp³-hybridized carbons (Fsp3) is 0.231. The molecule has 0 saturated heterocycles. The lowest BCUT2D eigenvalue weighted by molar-refractivity contribution is 0.0992. The van der Waals surface area contributed by atoms with Crippen LogP contribution < -0.4 is 0 Å². The molecule has 102 valence electrons. The molecule has 0 aromatic carbocycles. The van der Waals surface area contributed by atoms with Crippen LogP contribution in [0, 0.1) is 6.92 Å². The molecule has 6 nitrogen and oxygen atoms in total. The van der Waals surface area contributed by atoms with Crippen molar-refractivity contribution in [3.8, 4) is 0 Å². The predicted molar refractivity (Wildman–Crippen MR) is 74.0 cm³/mol. The van der Waals surface area contributed by atoms with Gasteiger partial charge in [0.15, 0.2) is 5.78 Å². The van der Waals surface area contributed by atoms with Gasteiger partial charge in [-0.2, -0.15) is 10.2 Å². The van der Waals surface area contributed by atoms with Gasteiger partial charge in [-0.25, -0.2) is 4.52 Å². The van der Waals surface area contributed by atoms with Crippen molar-refractivity contribution in [2.75, 3.05) is 0 Å². The summed E-state index contributed by atoms with van der Waals surface area (Å²) in [6.07, 6.45) is 6.68. The van der Waals surface area contributed by atoms with Crippen LogP contribution in [0.15, 0.2) is 24.8 Å². The van der Waals surface area contributed by atoms with Gasteiger partial charge in [-0.05, 0) is 6.92 Å². The van der Waals surface area contributed by atoms with Gasteiger partial charge in [-0.3, -0.25) is 14.5 Å². The summed E-state index contributed by atoms with van der Waals surface area (Å²) in [4.78, 5) is 16.4. The van der Waals surface area contributed by atoms with Gasteiger partial charge in [0.25, 0.3) is 0 Å². The average Bonchev–Trinajstić information content (AvgIpc) is 2.96. The number of Topliss-reactive ketones (excluding diaryl/α,β-unsaturated/α-hetero) is 1. The van der Waals surface area contributed by atoms with E-state index in [1.165, 1.54) is 0 Å². The highest BCUT2D eigenvalue weighted by Gasteiger charge is 2.18. The van der Waals surface area contributed by atoms with Crippen molar-refractivity contribution in [1.82, 2.24) is 24.4 Å². The molecule has 0 amide bonds. The van der Waals surface area contributed by atoms with Gasteiger partial charge in [0.1, 0.15) is 0 Å². The molecule has 0 aliphatic rings. The molecule has 0 fully saturated rings. The Morgan fingerprint density at radius 1 is 1.40 bits per heavy atom. The lowest BCUT2D eigenvalue weighted by Gasteiger charge is -2.01. The Kier molecular flexibility index (Phi) is 3.02. The van der Waals surface area contributed by atoms with Gasteiger partial charge in [-0.15, -0.1) is 0 Å². The van der Waals surface area contributed by atoms with Crippen LogP contribution in [0.3, 0.4) is 0 Å². The Morgan fingerprint density at radius 2 is 2.20 bits per heavy atom. The van der Waals surface area contributed by atoms with Crippen molar-refractivity contribution in [1.29, 1.82) is 0 Å². The number of carbonyl (C=O) groups is 1. The van der Waals surface area contributed by atoms with E-state index in [-0.39, 0.29) is 12.2 Å². The summed E-state index contributed by atoms with van der Waals surface area (Å²) in [5.41, 5.74) is 2.65. The molecule has 0 spiro atoms. The highest BCUT2D eigenvalue weighted by Crippen LogP contribution is 2.21. The van der Waals surface area contributed by atoms with Crippen LogP contribution in [-0.2, 0) is 13.5 Å². The Labute approximate surface area is 120 Å². The first-order chi connectivity index (χ1) is 9.58. The van der Waals surface area contributed by atoms with E-state index in [0.29, 0.717) is 21.8 Å². The maximum Gasteiger partial charge on any atom is 0.172 e. The monoisotopic (exact) mass is 289 g/mol. The van der Waals surface area contributed by atoms with E-state index >= 15 is 0 Å². The summed E-state index contributed by atoms with van der Waals surface area (Å²) in [6, 6.07) is 0. The second-order valence-electron chi connectivity index (χ2n) is 4.53. The normalized spacial score (nSPS) is 11.2. The van der Waals surface area contributed by atoms with Crippen molar-refractivity contribution >= 4 is 22.9 Å². The van der Waals surface area contributed by atoms with Gasteiger partial charge in [0, 0.05) is 19.4 Å². The van der Waals surface area contributed by atoms with Crippen LogP contribution in [0.5, 0.6) is 0 Å². The largest absolute Gasteiger partial charge is 0.294 e. The molecule has 20 heavy (non-hydrogen) atoms. The third kappa shape index (κ3) is 1.98. The van der Waals surface area contributed by atoms with Crippen LogP contribution in [0.1, 0.15) is 21.7 Å². The summed E-state index contributed by atoms with van der Waals surface area (Å²) >= 11 is 6.17. The Balaban J connectivity index is 1.97. The number of hydrogen-bond donors (Lipinski definition) is 0. The molecule has 7 heteroatoms. The van der Waals surface area contributed by atoms with E-state index < -0.39 is 0 Å². The van der Waals surface area contributed by atoms with Gasteiger partial charge in [0.2, 0.25) is 0 Å². The van der Waals surface area contributed by atoms with E-state index in [9.17, 15) is 4.79 Å². The smallest absolute Gasteiger partial charge is 0.172 e. The van der Waals surface area contributed by atoms with Crippen molar-refractivity contribution < 1.29 is 4.79 Å². The van der Waals surface area contributed by atoms with Crippen LogP contribution in [0.25, 0.3) is 5.52 Å². The fourth-order valence-corrected chi connectivity index (χ4v) is 2.40. The van der Waals surface area contributed by atoms with E-state index in [4.69, 9.17) is 11.6 Å². The number of aromatic nitrogens is 5. The van der Waals surface area contributed by atoms with Gasteiger partial charge >= 0.3 is 0 Å². The first-order valence-corrected chi connectivity index (χ1v) is 6.44. The van der Waals surface area contributed by atoms with Crippen LogP contribution in [0.2, 0.25) is 5.02 Å². The second-order valence-corrected chi connectivity index (χ2v) is 4.91. The maximum absolute atomic E-state index is 12.4. The zero-order valence-corrected chi connectivity index (χ0v) is 11.8. The fourth-order valence-electron chi connectivity index (χ4n) is 2.17. The Morgan fingerprint density at radius 3 is 2.90 bits per heavy atom. The Hall–Kier alpha value is -2.21.